The first-order chi connectivity index (χ1) is 7.47. The first-order valence-electron chi connectivity index (χ1n) is 5.08. The number of carbonyl (C=O) groups is 1. The molecule has 6 heteroatoms. The van der Waals surface area contributed by atoms with Crippen molar-refractivity contribution in [2.24, 2.45) is 18.7 Å². The Morgan fingerprint density at radius 3 is 2.69 bits per heavy atom. The van der Waals surface area contributed by atoms with E-state index >= 15 is 0 Å². The Morgan fingerprint density at radius 2 is 2.31 bits per heavy atom. The summed E-state index contributed by atoms with van der Waals surface area (Å²) in [4.78, 5) is 11.0. The van der Waals surface area contributed by atoms with E-state index in [9.17, 15) is 4.79 Å². The van der Waals surface area contributed by atoms with Crippen LogP contribution in [-0.2, 0) is 18.3 Å². The second kappa shape index (κ2) is 5.32. The molecular weight excluding hydrogens is 230 g/mol. The minimum atomic E-state index is -0.847. The minimum Gasteiger partial charge on any atom is -0.481 e. The zero-order valence-electron chi connectivity index (χ0n) is 9.40. The third-order valence-electron chi connectivity index (χ3n) is 2.57. The van der Waals surface area contributed by atoms with Crippen molar-refractivity contribution in [1.82, 2.24) is 9.78 Å². The van der Waals surface area contributed by atoms with E-state index in [1.807, 2.05) is 0 Å². The van der Waals surface area contributed by atoms with Crippen molar-refractivity contribution >= 4 is 17.6 Å². The molecule has 1 unspecified atom stereocenters. The standard InChI is InChI=1S/C10H16ClN3O2/c1-6-9(11)8(14(2)13-6)5-7(3-4-12)10(15)16/h7H,3-5,12H2,1-2H3,(H,15,16). The number of aliphatic carboxylic acids is 1. The van der Waals surface area contributed by atoms with E-state index in [1.54, 1.807) is 18.7 Å². The Balaban J connectivity index is 2.88. The lowest BCUT2D eigenvalue weighted by Gasteiger charge is -2.11. The lowest BCUT2D eigenvalue weighted by molar-refractivity contribution is -0.141. The van der Waals surface area contributed by atoms with E-state index in [4.69, 9.17) is 22.4 Å². The Labute approximate surface area is 99.2 Å². The summed E-state index contributed by atoms with van der Waals surface area (Å²) in [6, 6.07) is 0. The van der Waals surface area contributed by atoms with Gasteiger partial charge in [0.1, 0.15) is 0 Å². The van der Waals surface area contributed by atoms with Crippen LogP contribution in [0, 0.1) is 12.8 Å². The number of carboxylic acid groups (broad SMARTS) is 1. The third kappa shape index (κ3) is 2.74. The molecule has 0 saturated heterocycles. The van der Waals surface area contributed by atoms with Crippen LogP contribution in [0.5, 0.6) is 0 Å². The van der Waals surface area contributed by atoms with Crippen LogP contribution in [0.3, 0.4) is 0 Å². The molecule has 1 rings (SSSR count). The highest BCUT2D eigenvalue weighted by Crippen LogP contribution is 2.23. The fraction of sp³-hybridized carbons (Fsp3) is 0.600. The highest BCUT2D eigenvalue weighted by Gasteiger charge is 2.21. The molecule has 3 N–H and O–H groups in total. The lowest BCUT2D eigenvalue weighted by atomic mass is 9.99. The van der Waals surface area contributed by atoms with Crippen molar-refractivity contribution in [2.75, 3.05) is 6.54 Å². The fourth-order valence-corrected chi connectivity index (χ4v) is 1.89. The summed E-state index contributed by atoms with van der Waals surface area (Å²) in [6.07, 6.45) is 0.804. The van der Waals surface area contributed by atoms with Crippen molar-refractivity contribution in [3.63, 3.8) is 0 Å². The predicted molar refractivity (Wildman–Crippen MR) is 61.5 cm³/mol. The average Bonchev–Trinajstić information content (AvgIpc) is 2.43. The van der Waals surface area contributed by atoms with E-state index < -0.39 is 11.9 Å². The Kier molecular flexibility index (Phi) is 4.32. The smallest absolute Gasteiger partial charge is 0.306 e. The number of rotatable bonds is 5. The molecule has 0 spiro atoms. The molecule has 1 aromatic rings. The summed E-state index contributed by atoms with van der Waals surface area (Å²) in [6.45, 7) is 2.15. The minimum absolute atomic E-state index is 0.353. The topological polar surface area (TPSA) is 81.1 Å². The monoisotopic (exact) mass is 245 g/mol. The van der Waals surface area contributed by atoms with Crippen molar-refractivity contribution in [3.8, 4) is 0 Å². The third-order valence-corrected chi connectivity index (χ3v) is 3.06. The van der Waals surface area contributed by atoms with E-state index in [1.165, 1.54) is 0 Å². The van der Waals surface area contributed by atoms with Gasteiger partial charge < -0.3 is 10.8 Å². The number of halogens is 1. The van der Waals surface area contributed by atoms with E-state index in [-0.39, 0.29) is 0 Å². The summed E-state index contributed by atoms with van der Waals surface area (Å²) < 4.78 is 1.63. The van der Waals surface area contributed by atoms with Crippen LogP contribution in [0.2, 0.25) is 5.02 Å². The molecular formula is C10H16ClN3O2. The maximum absolute atomic E-state index is 11.0. The number of nitrogens with zero attached hydrogens (tertiary/aromatic N) is 2. The quantitative estimate of drug-likeness (QED) is 0.810. The molecule has 90 valence electrons. The second-order valence-electron chi connectivity index (χ2n) is 3.79. The zero-order valence-corrected chi connectivity index (χ0v) is 10.2. The van der Waals surface area contributed by atoms with Crippen molar-refractivity contribution in [3.05, 3.63) is 16.4 Å². The highest BCUT2D eigenvalue weighted by atomic mass is 35.5. The highest BCUT2D eigenvalue weighted by molar-refractivity contribution is 6.31. The lowest BCUT2D eigenvalue weighted by Crippen LogP contribution is -2.21. The average molecular weight is 246 g/mol. The van der Waals surface area contributed by atoms with Gasteiger partial charge in [-0.2, -0.15) is 5.10 Å². The number of carboxylic acids is 1. The predicted octanol–water partition coefficient (Wildman–Crippen LogP) is 0.974. The van der Waals surface area contributed by atoms with Crippen LogP contribution in [0.1, 0.15) is 17.8 Å². The van der Waals surface area contributed by atoms with Gasteiger partial charge in [-0.15, -0.1) is 0 Å². The van der Waals surface area contributed by atoms with E-state index in [0.29, 0.717) is 24.4 Å². The molecule has 0 aromatic carbocycles. The number of aromatic nitrogens is 2. The van der Waals surface area contributed by atoms with Crippen LogP contribution in [0.15, 0.2) is 0 Å². The van der Waals surface area contributed by atoms with Crippen LogP contribution in [0.25, 0.3) is 0 Å². The Bertz CT molecular complexity index is 390. The van der Waals surface area contributed by atoms with E-state index in [0.717, 1.165) is 11.4 Å². The zero-order chi connectivity index (χ0) is 12.3. The Morgan fingerprint density at radius 1 is 1.69 bits per heavy atom. The molecule has 0 saturated carbocycles. The van der Waals surface area contributed by atoms with E-state index in [2.05, 4.69) is 5.10 Å². The fourth-order valence-electron chi connectivity index (χ4n) is 1.65. The molecule has 0 fully saturated rings. The summed E-state index contributed by atoms with van der Waals surface area (Å²) in [5, 5.41) is 13.7. The van der Waals surface area contributed by atoms with Gasteiger partial charge >= 0.3 is 5.97 Å². The molecule has 1 heterocycles. The van der Waals surface area contributed by atoms with Crippen LogP contribution < -0.4 is 5.73 Å². The van der Waals surface area contributed by atoms with Gasteiger partial charge in [-0.1, -0.05) is 11.6 Å². The van der Waals surface area contributed by atoms with Gasteiger partial charge in [-0.3, -0.25) is 9.48 Å². The summed E-state index contributed by atoms with van der Waals surface area (Å²) in [7, 11) is 1.76. The SMILES string of the molecule is Cc1nn(C)c(CC(CCN)C(=O)O)c1Cl. The van der Waals surface area contributed by atoms with Gasteiger partial charge in [0, 0.05) is 13.5 Å². The molecule has 0 aliphatic carbocycles. The van der Waals surface area contributed by atoms with Gasteiger partial charge in [0.2, 0.25) is 0 Å². The van der Waals surface area contributed by atoms with Gasteiger partial charge in [-0.25, -0.2) is 0 Å². The molecule has 0 radical (unpaired) electrons. The molecule has 16 heavy (non-hydrogen) atoms. The largest absolute Gasteiger partial charge is 0.481 e. The van der Waals surface area contributed by atoms with Gasteiger partial charge in [0.15, 0.2) is 0 Å². The first-order valence-corrected chi connectivity index (χ1v) is 5.46. The van der Waals surface area contributed by atoms with Crippen LogP contribution in [0.4, 0.5) is 0 Å². The number of hydrogen-bond acceptors (Lipinski definition) is 3. The normalized spacial score (nSPS) is 12.8. The first kappa shape index (κ1) is 13.0. The van der Waals surface area contributed by atoms with Gasteiger partial charge in [0.05, 0.1) is 22.3 Å². The number of nitrogens with two attached hydrogens (primary N) is 1. The molecule has 0 amide bonds. The Hall–Kier alpha value is -1.07. The molecule has 0 aliphatic heterocycles. The summed E-state index contributed by atoms with van der Waals surface area (Å²) >= 11 is 6.06. The maximum atomic E-state index is 11.0. The van der Waals surface area contributed by atoms with Crippen molar-refractivity contribution in [2.45, 2.75) is 19.8 Å². The molecule has 5 nitrogen and oxygen atoms in total. The molecule has 0 bridgehead atoms. The van der Waals surface area contributed by atoms with Gasteiger partial charge in [-0.05, 0) is 19.9 Å². The second-order valence-corrected chi connectivity index (χ2v) is 4.16. The van der Waals surface area contributed by atoms with Crippen molar-refractivity contribution in [1.29, 1.82) is 0 Å². The summed E-state index contributed by atoms with van der Waals surface area (Å²) in [5.74, 6) is -1.35. The maximum Gasteiger partial charge on any atom is 0.306 e. The molecule has 1 aromatic heterocycles. The van der Waals surface area contributed by atoms with Crippen LogP contribution >= 0.6 is 11.6 Å². The van der Waals surface area contributed by atoms with Crippen molar-refractivity contribution < 1.29 is 9.90 Å². The molecule has 1 atom stereocenters. The molecule has 0 aliphatic rings. The van der Waals surface area contributed by atoms with Crippen LogP contribution in [-0.4, -0.2) is 27.4 Å². The number of hydrogen-bond donors (Lipinski definition) is 2. The van der Waals surface area contributed by atoms with Gasteiger partial charge in [0.25, 0.3) is 0 Å². The number of aryl methyl sites for hydroxylation is 2. The summed E-state index contributed by atoms with van der Waals surface area (Å²) in [5.41, 5.74) is 6.85.